The Morgan fingerprint density at radius 3 is 2.74 bits per heavy atom. The lowest BCUT2D eigenvalue weighted by atomic mass is 10.0. The third-order valence-electron chi connectivity index (χ3n) is 3.50. The molecular weight excluding hydrogens is 238 g/mol. The van der Waals surface area contributed by atoms with Crippen LogP contribution in [0.3, 0.4) is 0 Å². The van der Waals surface area contributed by atoms with Crippen LogP contribution in [0.5, 0.6) is 0 Å². The summed E-state index contributed by atoms with van der Waals surface area (Å²) in [5.74, 6) is 0.716. The van der Waals surface area contributed by atoms with Crippen LogP contribution >= 0.6 is 0 Å². The zero-order valence-corrected chi connectivity index (χ0v) is 11.4. The molecule has 2 aromatic heterocycles. The largest absolute Gasteiger partial charge is 0.441 e. The molecule has 0 amide bonds. The fraction of sp³-hybridized carbons (Fsp3) is 0.333. The summed E-state index contributed by atoms with van der Waals surface area (Å²) < 4.78 is 5.49. The first-order valence-corrected chi connectivity index (χ1v) is 6.50. The van der Waals surface area contributed by atoms with Crippen LogP contribution in [0, 0.1) is 20.8 Å². The molecule has 2 heterocycles. The van der Waals surface area contributed by atoms with Crippen molar-refractivity contribution in [2.24, 2.45) is 0 Å². The Morgan fingerprint density at radius 1 is 1.16 bits per heavy atom. The maximum absolute atomic E-state index is 5.49. The summed E-state index contributed by atoms with van der Waals surface area (Å²) in [4.78, 5) is 4.37. The molecule has 98 valence electrons. The average molecular weight is 255 g/mol. The van der Waals surface area contributed by atoms with E-state index in [4.69, 9.17) is 4.42 Å². The molecule has 0 unspecified atom stereocenters. The number of aryl methyl sites for hydroxylation is 4. The van der Waals surface area contributed by atoms with E-state index < -0.39 is 0 Å². The summed E-state index contributed by atoms with van der Waals surface area (Å²) in [5, 5.41) is 7.26. The summed E-state index contributed by atoms with van der Waals surface area (Å²) in [5.41, 5.74) is 6.65. The SMILES string of the molecule is Cc1nc2cc(CCc3c(C)n[nH]c3C)ccc2o1. The second-order valence-corrected chi connectivity index (χ2v) is 4.95. The highest BCUT2D eigenvalue weighted by Crippen LogP contribution is 2.19. The van der Waals surface area contributed by atoms with Gasteiger partial charge in [0.25, 0.3) is 0 Å². The van der Waals surface area contributed by atoms with Crippen molar-refractivity contribution < 1.29 is 4.42 Å². The molecule has 0 fully saturated rings. The third kappa shape index (κ3) is 2.26. The number of aromatic nitrogens is 3. The van der Waals surface area contributed by atoms with Crippen molar-refractivity contribution in [1.29, 1.82) is 0 Å². The number of rotatable bonds is 3. The topological polar surface area (TPSA) is 54.7 Å². The molecule has 19 heavy (non-hydrogen) atoms. The first kappa shape index (κ1) is 12.0. The van der Waals surface area contributed by atoms with E-state index in [0.29, 0.717) is 5.89 Å². The maximum atomic E-state index is 5.49. The second kappa shape index (κ2) is 4.53. The van der Waals surface area contributed by atoms with Gasteiger partial charge >= 0.3 is 0 Å². The fourth-order valence-electron chi connectivity index (χ4n) is 2.46. The molecule has 0 atom stereocenters. The third-order valence-corrected chi connectivity index (χ3v) is 3.50. The van der Waals surface area contributed by atoms with Gasteiger partial charge in [-0.15, -0.1) is 0 Å². The van der Waals surface area contributed by atoms with E-state index in [1.165, 1.54) is 11.1 Å². The van der Waals surface area contributed by atoms with E-state index >= 15 is 0 Å². The average Bonchev–Trinajstić information content (AvgIpc) is 2.89. The number of nitrogens with one attached hydrogen (secondary N) is 1. The molecule has 0 aliphatic carbocycles. The summed E-state index contributed by atoms with van der Waals surface area (Å²) >= 11 is 0. The van der Waals surface area contributed by atoms with E-state index in [0.717, 1.165) is 35.3 Å². The number of nitrogens with zero attached hydrogens (tertiary/aromatic N) is 2. The van der Waals surface area contributed by atoms with Crippen molar-refractivity contribution in [2.75, 3.05) is 0 Å². The van der Waals surface area contributed by atoms with Gasteiger partial charge in [0, 0.05) is 12.6 Å². The van der Waals surface area contributed by atoms with Crippen molar-refractivity contribution in [2.45, 2.75) is 33.6 Å². The van der Waals surface area contributed by atoms with E-state index in [2.05, 4.69) is 34.2 Å². The lowest BCUT2D eigenvalue weighted by molar-refractivity contribution is 0.561. The van der Waals surface area contributed by atoms with E-state index in [1.807, 2.05) is 19.9 Å². The van der Waals surface area contributed by atoms with Gasteiger partial charge in [0.05, 0.1) is 5.69 Å². The minimum atomic E-state index is 0.716. The van der Waals surface area contributed by atoms with Gasteiger partial charge < -0.3 is 4.42 Å². The Hall–Kier alpha value is -2.10. The van der Waals surface area contributed by atoms with Crippen molar-refractivity contribution >= 4 is 11.1 Å². The van der Waals surface area contributed by atoms with Gasteiger partial charge in [0.2, 0.25) is 0 Å². The molecule has 0 spiro atoms. The van der Waals surface area contributed by atoms with Crippen LogP contribution < -0.4 is 0 Å². The molecule has 4 nitrogen and oxygen atoms in total. The van der Waals surface area contributed by atoms with Gasteiger partial charge in [-0.1, -0.05) is 6.07 Å². The van der Waals surface area contributed by atoms with Crippen molar-refractivity contribution in [3.63, 3.8) is 0 Å². The van der Waals surface area contributed by atoms with Crippen LogP contribution in [-0.2, 0) is 12.8 Å². The smallest absolute Gasteiger partial charge is 0.192 e. The van der Waals surface area contributed by atoms with Crippen LogP contribution in [0.25, 0.3) is 11.1 Å². The maximum Gasteiger partial charge on any atom is 0.192 e. The fourth-order valence-corrected chi connectivity index (χ4v) is 2.46. The molecule has 4 heteroatoms. The first-order chi connectivity index (χ1) is 9.13. The number of hydrogen-bond acceptors (Lipinski definition) is 3. The zero-order chi connectivity index (χ0) is 13.4. The van der Waals surface area contributed by atoms with Crippen LogP contribution in [-0.4, -0.2) is 15.2 Å². The molecule has 0 bridgehead atoms. The Bertz CT molecular complexity index is 705. The first-order valence-electron chi connectivity index (χ1n) is 6.50. The minimum Gasteiger partial charge on any atom is -0.441 e. The molecule has 0 aliphatic rings. The highest BCUT2D eigenvalue weighted by atomic mass is 16.3. The minimum absolute atomic E-state index is 0.716. The number of benzene rings is 1. The predicted molar refractivity (Wildman–Crippen MR) is 74.2 cm³/mol. The summed E-state index contributed by atoms with van der Waals surface area (Å²) in [6.07, 6.45) is 1.99. The molecule has 0 saturated carbocycles. The predicted octanol–water partition coefficient (Wildman–Crippen LogP) is 3.26. The van der Waals surface area contributed by atoms with Gasteiger partial charge in [-0.25, -0.2) is 4.98 Å². The Labute approximate surface area is 111 Å². The van der Waals surface area contributed by atoms with Crippen molar-refractivity contribution in [3.05, 3.63) is 46.6 Å². The highest BCUT2D eigenvalue weighted by Gasteiger charge is 2.08. The normalized spacial score (nSPS) is 11.3. The lowest BCUT2D eigenvalue weighted by Gasteiger charge is -2.02. The molecule has 3 aromatic rings. The van der Waals surface area contributed by atoms with Crippen molar-refractivity contribution in [1.82, 2.24) is 15.2 Å². The van der Waals surface area contributed by atoms with Crippen LogP contribution in [0.15, 0.2) is 22.6 Å². The molecule has 3 rings (SSSR count). The van der Waals surface area contributed by atoms with E-state index in [1.54, 1.807) is 0 Å². The number of aromatic amines is 1. The molecule has 0 saturated heterocycles. The standard InChI is InChI=1S/C15H17N3O/c1-9-13(10(2)18-17-9)6-4-12-5-7-15-14(8-12)16-11(3)19-15/h5,7-8H,4,6H2,1-3H3,(H,17,18). The molecule has 1 N–H and O–H groups in total. The second-order valence-electron chi connectivity index (χ2n) is 4.95. The summed E-state index contributed by atoms with van der Waals surface area (Å²) in [7, 11) is 0. The lowest BCUT2D eigenvalue weighted by Crippen LogP contribution is -1.94. The summed E-state index contributed by atoms with van der Waals surface area (Å²) in [6.45, 7) is 5.99. The highest BCUT2D eigenvalue weighted by molar-refractivity contribution is 5.73. The van der Waals surface area contributed by atoms with Crippen LogP contribution in [0.1, 0.15) is 28.4 Å². The van der Waals surface area contributed by atoms with E-state index in [-0.39, 0.29) is 0 Å². The quantitative estimate of drug-likeness (QED) is 0.781. The summed E-state index contributed by atoms with van der Waals surface area (Å²) in [6, 6.07) is 6.22. The van der Waals surface area contributed by atoms with Gasteiger partial charge in [0.15, 0.2) is 11.5 Å². The Morgan fingerprint density at radius 2 is 2.00 bits per heavy atom. The van der Waals surface area contributed by atoms with Crippen LogP contribution in [0.2, 0.25) is 0 Å². The number of fused-ring (bicyclic) bond motifs is 1. The Kier molecular flexibility index (Phi) is 2.85. The number of oxazole rings is 1. The van der Waals surface area contributed by atoms with Crippen LogP contribution in [0.4, 0.5) is 0 Å². The number of H-pyrrole nitrogens is 1. The zero-order valence-electron chi connectivity index (χ0n) is 11.4. The molecular formula is C15H17N3O. The van der Waals surface area contributed by atoms with Gasteiger partial charge in [-0.2, -0.15) is 5.10 Å². The van der Waals surface area contributed by atoms with Gasteiger partial charge in [-0.3, -0.25) is 5.10 Å². The van der Waals surface area contributed by atoms with Gasteiger partial charge in [0.1, 0.15) is 5.52 Å². The Balaban J connectivity index is 1.81. The monoisotopic (exact) mass is 255 g/mol. The van der Waals surface area contributed by atoms with Gasteiger partial charge in [-0.05, 0) is 49.9 Å². The molecule has 1 aromatic carbocycles. The van der Waals surface area contributed by atoms with E-state index in [9.17, 15) is 0 Å². The molecule has 0 aliphatic heterocycles. The van der Waals surface area contributed by atoms with Crippen molar-refractivity contribution in [3.8, 4) is 0 Å². The number of hydrogen-bond donors (Lipinski definition) is 1. The molecule has 0 radical (unpaired) electrons.